The van der Waals surface area contributed by atoms with Crippen molar-refractivity contribution in [2.45, 2.75) is 30.3 Å². The number of hydrogen-bond donors (Lipinski definition) is 1. The zero-order chi connectivity index (χ0) is 21.4. The Balaban J connectivity index is 1.39. The second kappa shape index (κ2) is 8.03. The summed E-state index contributed by atoms with van der Waals surface area (Å²) in [5.74, 6) is 0.0406. The van der Waals surface area contributed by atoms with E-state index in [1.807, 2.05) is 54.3 Å². The van der Waals surface area contributed by atoms with Crippen molar-refractivity contribution in [2.75, 3.05) is 6.54 Å². The van der Waals surface area contributed by atoms with Crippen LogP contribution in [-0.2, 0) is 17.8 Å². The van der Waals surface area contributed by atoms with Gasteiger partial charge >= 0.3 is 0 Å². The largest absolute Gasteiger partial charge is 0.337 e. The maximum absolute atomic E-state index is 13.1. The Morgan fingerprint density at radius 1 is 1.10 bits per heavy atom. The molecular weight excluding hydrogens is 410 g/mol. The van der Waals surface area contributed by atoms with E-state index in [1.54, 1.807) is 4.68 Å². The monoisotopic (exact) mass is 431 g/mol. The molecule has 8 heteroatoms. The lowest BCUT2D eigenvalue weighted by atomic mass is 10.00. The van der Waals surface area contributed by atoms with E-state index in [1.165, 1.54) is 29.1 Å². The lowest BCUT2D eigenvalue weighted by Crippen LogP contribution is -2.40. The van der Waals surface area contributed by atoms with Gasteiger partial charge in [-0.2, -0.15) is 5.10 Å². The van der Waals surface area contributed by atoms with E-state index in [-0.39, 0.29) is 16.7 Å². The number of carbonyl (C=O) groups is 1. The minimum atomic E-state index is -0.376. The summed E-state index contributed by atoms with van der Waals surface area (Å²) in [6, 6.07) is 17.8. The van der Waals surface area contributed by atoms with Crippen LogP contribution in [0.1, 0.15) is 18.1 Å². The number of thioether (sulfide) groups is 1. The summed E-state index contributed by atoms with van der Waals surface area (Å²) in [6.07, 6.45) is 2.37. The quantitative estimate of drug-likeness (QED) is 0.396. The van der Waals surface area contributed by atoms with Gasteiger partial charge in [-0.3, -0.25) is 9.59 Å². The van der Waals surface area contributed by atoms with E-state index < -0.39 is 0 Å². The van der Waals surface area contributed by atoms with Gasteiger partial charge in [0.15, 0.2) is 10.8 Å². The van der Waals surface area contributed by atoms with Crippen LogP contribution in [0.4, 0.5) is 0 Å². The lowest BCUT2D eigenvalue weighted by Gasteiger charge is -2.30. The molecule has 1 amide bonds. The van der Waals surface area contributed by atoms with Crippen LogP contribution in [0.3, 0.4) is 0 Å². The molecule has 7 nitrogen and oxygen atoms in total. The SMILES string of the molecule is CC(Sc1nc2c(cnn2-c2ccccc2)c(=O)[nH]1)C(=O)N1CCc2ccccc2C1. The van der Waals surface area contributed by atoms with Gasteiger partial charge in [-0.25, -0.2) is 9.67 Å². The molecule has 156 valence electrons. The molecule has 4 aromatic rings. The minimum absolute atomic E-state index is 0.0406. The molecule has 0 saturated heterocycles. The van der Waals surface area contributed by atoms with Gasteiger partial charge in [-0.05, 0) is 36.6 Å². The average molecular weight is 432 g/mol. The van der Waals surface area contributed by atoms with Gasteiger partial charge in [0.1, 0.15) is 5.39 Å². The van der Waals surface area contributed by atoms with Crippen molar-refractivity contribution < 1.29 is 4.79 Å². The van der Waals surface area contributed by atoms with Crippen LogP contribution in [0.15, 0.2) is 70.7 Å². The highest BCUT2D eigenvalue weighted by atomic mass is 32.2. The number of para-hydroxylation sites is 1. The molecule has 1 atom stereocenters. The van der Waals surface area contributed by atoms with Crippen molar-refractivity contribution in [3.63, 3.8) is 0 Å². The Bertz CT molecular complexity index is 1310. The number of aromatic amines is 1. The summed E-state index contributed by atoms with van der Waals surface area (Å²) in [4.78, 5) is 34.9. The van der Waals surface area contributed by atoms with Gasteiger partial charge in [0.2, 0.25) is 5.91 Å². The van der Waals surface area contributed by atoms with Crippen molar-refractivity contribution in [3.05, 3.63) is 82.3 Å². The molecule has 2 aromatic carbocycles. The first-order chi connectivity index (χ1) is 15.1. The number of aromatic nitrogens is 4. The number of benzene rings is 2. The van der Waals surface area contributed by atoms with E-state index in [4.69, 9.17) is 0 Å². The van der Waals surface area contributed by atoms with Crippen molar-refractivity contribution in [1.29, 1.82) is 0 Å². The summed E-state index contributed by atoms with van der Waals surface area (Å²) in [6.45, 7) is 3.17. The minimum Gasteiger partial charge on any atom is -0.337 e. The second-order valence-corrected chi connectivity index (χ2v) is 8.87. The van der Waals surface area contributed by atoms with Gasteiger partial charge in [0.25, 0.3) is 5.56 Å². The molecule has 1 N–H and O–H groups in total. The van der Waals surface area contributed by atoms with E-state index in [0.29, 0.717) is 29.3 Å². The Kier molecular flexibility index (Phi) is 5.07. The fourth-order valence-corrected chi connectivity index (χ4v) is 4.75. The van der Waals surface area contributed by atoms with Crippen LogP contribution in [-0.4, -0.2) is 42.4 Å². The molecule has 31 heavy (non-hydrogen) atoms. The highest BCUT2D eigenvalue weighted by Gasteiger charge is 2.26. The first kappa shape index (κ1) is 19.6. The lowest BCUT2D eigenvalue weighted by molar-refractivity contribution is -0.131. The second-order valence-electron chi connectivity index (χ2n) is 7.54. The third-order valence-electron chi connectivity index (χ3n) is 5.50. The van der Waals surface area contributed by atoms with Crippen LogP contribution < -0.4 is 5.56 Å². The van der Waals surface area contributed by atoms with Gasteiger partial charge in [-0.1, -0.05) is 54.2 Å². The van der Waals surface area contributed by atoms with Crippen molar-refractivity contribution >= 4 is 28.7 Å². The zero-order valence-electron chi connectivity index (χ0n) is 17.0. The number of amides is 1. The number of H-pyrrole nitrogens is 1. The van der Waals surface area contributed by atoms with Crippen LogP contribution in [0.2, 0.25) is 0 Å². The summed E-state index contributed by atoms with van der Waals surface area (Å²) in [5, 5.41) is 4.78. The molecule has 0 fully saturated rings. The molecule has 5 rings (SSSR count). The van der Waals surface area contributed by atoms with Gasteiger partial charge < -0.3 is 9.88 Å². The van der Waals surface area contributed by atoms with Crippen LogP contribution in [0.5, 0.6) is 0 Å². The molecule has 0 saturated carbocycles. The van der Waals surface area contributed by atoms with Crippen molar-refractivity contribution in [1.82, 2.24) is 24.6 Å². The zero-order valence-corrected chi connectivity index (χ0v) is 17.8. The Labute approximate surface area is 183 Å². The first-order valence-corrected chi connectivity index (χ1v) is 11.0. The number of nitrogens with zero attached hydrogens (tertiary/aromatic N) is 4. The topological polar surface area (TPSA) is 83.9 Å². The molecule has 1 unspecified atom stereocenters. The maximum Gasteiger partial charge on any atom is 0.262 e. The molecule has 0 aliphatic carbocycles. The molecule has 0 radical (unpaired) electrons. The fraction of sp³-hybridized carbons (Fsp3) is 0.217. The predicted molar refractivity (Wildman–Crippen MR) is 120 cm³/mol. The van der Waals surface area contributed by atoms with E-state index in [2.05, 4.69) is 27.2 Å². The molecule has 0 bridgehead atoms. The number of nitrogens with one attached hydrogen (secondary N) is 1. The van der Waals surface area contributed by atoms with Gasteiger partial charge in [-0.15, -0.1) is 0 Å². The summed E-state index contributed by atoms with van der Waals surface area (Å²) in [5.41, 5.74) is 3.53. The number of fused-ring (bicyclic) bond motifs is 2. The molecule has 0 spiro atoms. The van der Waals surface area contributed by atoms with E-state index in [0.717, 1.165) is 12.1 Å². The molecule has 2 aromatic heterocycles. The summed E-state index contributed by atoms with van der Waals surface area (Å²) >= 11 is 1.26. The molecular formula is C23H21N5O2S. The highest BCUT2D eigenvalue weighted by molar-refractivity contribution is 8.00. The molecule has 1 aliphatic rings. The summed E-state index contributed by atoms with van der Waals surface area (Å²) < 4.78 is 1.64. The molecule has 3 heterocycles. The standard InChI is InChI=1S/C23H21N5O2S/c1-15(22(30)27-12-11-16-7-5-6-8-17(16)14-27)31-23-25-20-19(21(29)26-23)13-24-28(20)18-9-3-2-4-10-18/h2-10,13,15H,11-12,14H2,1H3,(H,25,26,29). The highest BCUT2D eigenvalue weighted by Crippen LogP contribution is 2.25. The predicted octanol–water partition coefficient (Wildman–Crippen LogP) is 3.17. The van der Waals surface area contributed by atoms with Crippen LogP contribution in [0, 0.1) is 0 Å². The van der Waals surface area contributed by atoms with Crippen molar-refractivity contribution in [3.8, 4) is 5.69 Å². The number of hydrogen-bond acceptors (Lipinski definition) is 5. The number of carbonyl (C=O) groups excluding carboxylic acids is 1. The number of rotatable bonds is 4. The third kappa shape index (κ3) is 3.74. The Hall–Kier alpha value is -3.39. The third-order valence-corrected chi connectivity index (χ3v) is 6.47. The van der Waals surface area contributed by atoms with Gasteiger partial charge in [0.05, 0.1) is 17.1 Å². The Morgan fingerprint density at radius 3 is 2.65 bits per heavy atom. The average Bonchev–Trinajstić information content (AvgIpc) is 3.23. The van der Waals surface area contributed by atoms with Crippen LogP contribution >= 0.6 is 11.8 Å². The van der Waals surface area contributed by atoms with Crippen molar-refractivity contribution in [2.24, 2.45) is 0 Å². The van der Waals surface area contributed by atoms with Crippen LogP contribution in [0.25, 0.3) is 16.7 Å². The van der Waals surface area contributed by atoms with E-state index >= 15 is 0 Å². The van der Waals surface area contributed by atoms with Gasteiger partial charge in [0, 0.05) is 13.1 Å². The fourth-order valence-electron chi connectivity index (χ4n) is 3.87. The Morgan fingerprint density at radius 2 is 1.84 bits per heavy atom. The first-order valence-electron chi connectivity index (χ1n) is 10.2. The smallest absolute Gasteiger partial charge is 0.262 e. The normalized spacial score (nSPS) is 14.4. The molecule has 1 aliphatic heterocycles. The summed E-state index contributed by atoms with van der Waals surface area (Å²) in [7, 11) is 0. The maximum atomic E-state index is 13.1. The van der Waals surface area contributed by atoms with E-state index in [9.17, 15) is 9.59 Å².